The van der Waals surface area contributed by atoms with Gasteiger partial charge >= 0.3 is 0 Å². The zero-order valence-electron chi connectivity index (χ0n) is 16.9. The van der Waals surface area contributed by atoms with Gasteiger partial charge in [-0.05, 0) is 48.4 Å². The van der Waals surface area contributed by atoms with Gasteiger partial charge in [0.15, 0.2) is 11.5 Å². The normalized spacial score (nSPS) is 16.7. The predicted octanol–water partition coefficient (Wildman–Crippen LogP) is 4.43. The lowest BCUT2D eigenvalue weighted by Crippen LogP contribution is -2.13. The number of hydrogen-bond donors (Lipinski definition) is 2. The summed E-state index contributed by atoms with van der Waals surface area (Å²) >= 11 is 5.93. The van der Waals surface area contributed by atoms with E-state index in [0.717, 1.165) is 5.56 Å². The van der Waals surface area contributed by atoms with Crippen molar-refractivity contribution in [2.75, 3.05) is 13.7 Å². The molecule has 3 rings (SSSR count). The van der Waals surface area contributed by atoms with Crippen LogP contribution in [-0.4, -0.2) is 24.6 Å². The molecule has 5 nitrogen and oxygen atoms in total. The fourth-order valence-corrected chi connectivity index (χ4v) is 3.21. The van der Waals surface area contributed by atoms with Crippen LogP contribution in [0.2, 0.25) is 5.02 Å². The highest BCUT2D eigenvalue weighted by atomic mass is 35.5. The summed E-state index contributed by atoms with van der Waals surface area (Å²) in [6, 6.07) is 12.8. The molecule has 154 valence electrons. The Morgan fingerprint density at radius 2 is 1.97 bits per heavy atom. The molecule has 0 aromatic heterocycles. The van der Waals surface area contributed by atoms with E-state index in [1.807, 2.05) is 31.2 Å². The average molecular weight is 423 g/mol. The molecule has 1 heterocycles. The highest BCUT2D eigenvalue weighted by Crippen LogP contribution is 2.36. The predicted molar refractivity (Wildman–Crippen MR) is 120 cm³/mol. The van der Waals surface area contributed by atoms with E-state index in [9.17, 15) is 5.11 Å². The molecule has 2 aromatic rings. The highest BCUT2D eigenvalue weighted by molar-refractivity contribution is 6.30. The number of ether oxygens (including phenoxy) is 2. The van der Waals surface area contributed by atoms with E-state index in [4.69, 9.17) is 27.5 Å². The maximum atomic E-state index is 11.0. The van der Waals surface area contributed by atoms with Gasteiger partial charge in [-0.25, -0.2) is 0 Å². The minimum absolute atomic E-state index is 0.375. The van der Waals surface area contributed by atoms with Crippen LogP contribution in [0.1, 0.15) is 24.2 Å². The van der Waals surface area contributed by atoms with Crippen molar-refractivity contribution in [3.63, 3.8) is 0 Å². The first-order valence-corrected chi connectivity index (χ1v) is 9.87. The highest BCUT2D eigenvalue weighted by Gasteiger charge is 2.26. The number of aliphatic imine (C=N–C) groups is 1. The third-order valence-corrected chi connectivity index (χ3v) is 4.82. The van der Waals surface area contributed by atoms with E-state index >= 15 is 0 Å². The van der Waals surface area contributed by atoms with Gasteiger partial charge in [0, 0.05) is 29.4 Å². The van der Waals surface area contributed by atoms with Crippen molar-refractivity contribution in [2.24, 2.45) is 4.99 Å². The first kappa shape index (κ1) is 21.5. The van der Waals surface area contributed by atoms with Gasteiger partial charge in [-0.2, -0.15) is 0 Å². The number of nitrogens with one attached hydrogen (secondary N) is 1. The quantitative estimate of drug-likeness (QED) is 0.648. The maximum absolute atomic E-state index is 11.0. The Kier molecular flexibility index (Phi) is 7.18. The van der Waals surface area contributed by atoms with Gasteiger partial charge in [0.2, 0.25) is 0 Å². The maximum Gasteiger partial charge on any atom is 0.161 e. The average Bonchev–Trinajstić information content (AvgIpc) is 3.16. The Morgan fingerprint density at radius 1 is 1.20 bits per heavy atom. The molecule has 6 heteroatoms. The largest absolute Gasteiger partial charge is 0.490 e. The molecule has 2 aromatic carbocycles. The number of halogens is 1. The Morgan fingerprint density at radius 3 is 2.63 bits per heavy atom. The molecule has 0 fully saturated rings. The fraction of sp³-hybridized carbons (Fsp3) is 0.208. The Balaban J connectivity index is 1.83. The Labute approximate surface area is 181 Å². The molecule has 0 amide bonds. The summed E-state index contributed by atoms with van der Waals surface area (Å²) in [5.41, 5.74) is 2.98. The van der Waals surface area contributed by atoms with Gasteiger partial charge in [-0.1, -0.05) is 35.7 Å². The molecular formula is C24H23ClN2O3. The summed E-state index contributed by atoms with van der Waals surface area (Å²) < 4.78 is 11.7. The Hall–Kier alpha value is -3.20. The SMILES string of the molecule is C#C/C=C1/C(C(O)c2ccc(OCc3ccc(Cl)cc3)c(OCC)c2)=CNC1=NC. The number of hydrogen-bond acceptors (Lipinski definition) is 4. The lowest BCUT2D eigenvalue weighted by molar-refractivity contribution is 0.217. The number of aliphatic hydroxyl groups excluding tert-OH is 1. The van der Waals surface area contributed by atoms with Crippen LogP contribution in [-0.2, 0) is 6.61 Å². The van der Waals surface area contributed by atoms with Gasteiger partial charge in [0.1, 0.15) is 18.5 Å². The molecule has 0 spiro atoms. The molecule has 0 saturated heterocycles. The van der Waals surface area contributed by atoms with Crippen molar-refractivity contribution in [1.82, 2.24) is 5.32 Å². The first-order chi connectivity index (χ1) is 14.6. The minimum Gasteiger partial charge on any atom is -0.490 e. The molecule has 1 aliphatic rings. The molecular weight excluding hydrogens is 400 g/mol. The molecule has 0 radical (unpaired) electrons. The summed E-state index contributed by atoms with van der Waals surface area (Å²) in [5, 5.41) is 14.7. The number of nitrogens with zero attached hydrogens (tertiary/aromatic N) is 1. The van der Waals surface area contributed by atoms with Gasteiger partial charge in [0.25, 0.3) is 0 Å². The van der Waals surface area contributed by atoms with Crippen molar-refractivity contribution in [2.45, 2.75) is 19.6 Å². The van der Waals surface area contributed by atoms with Crippen molar-refractivity contribution >= 4 is 17.4 Å². The smallest absolute Gasteiger partial charge is 0.161 e. The van der Waals surface area contributed by atoms with Crippen LogP contribution >= 0.6 is 11.6 Å². The van der Waals surface area contributed by atoms with Crippen LogP contribution in [0.3, 0.4) is 0 Å². The summed E-state index contributed by atoms with van der Waals surface area (Å²) in [6.45, 7) is 2.74. The third-order valence-electron chi connectivity index (χ3n) is 4.57. The second-order valence-corrected chi connectivity index (χ2v) is 6.93. The lowest BCUT2D eigenvalue weighted by atomic mass is 9.96. The van der Waals surface area contributed by atoms with E-state index < -0.39 is 6.10 Å². The van der Waals surface area contributed by atoms with Crippen molar-refractivity contribution < 1.29 is 14.6 Å². The number of amidine groups is 1. The van der Waals surface area contributed by atoms with Gasteiger partial charge in [0.05, 0.1) is 6.61 Å². The van der Waals surface area contributed by atoms with Crippen molar-refractivity contribution in [3.05, 3.63) is 82.0 Å². The summed E-state index contributed by atoms with van der Waals surface area (Å²) in [7, 11) is 1.66. The van der Waals surface area contributed by atoms with Crippen molar-refractivity contribution in [1.29, 1.82) is 0 Å². The number of benzene rings is 2. The van der Waals surface area contributed by atoms with Crippen LogP contribution in [0.5, 0.6) is 11.5 Å². The van der Waals surface area contributed by atoms with E-state index in [-0.39, 0.29) is 0 Å². The van der Waals surface area contributed by atoms with Gasteiger partial charge in [-0.15, -0.1) is 6.42 Å². The molecule has 1 unspecified atom stereocenters. The third kappa shape index (κ3) is 4.85. The molecule has 0 bridgehead atoms. The monoisotopic (exact) mass is 422 g/mol. The van der Waals surface area contributed by atoms with Gasteiger partial charge < -0.3 is 19.9 Å². The van der Waals surface area contributed by atoms with Crippen LogP contribution in [0.15, 0.2) is 70.9 Å². The zero-order chi connectivity index (χ0) is 21.5. The zero-order valence-corrected chi connectivity index (χ0v) is 17.6. The Bertz CT molecular complexity index is 1030. The molecule has 1 atom stereocenters. The molecule has 2 N–H and O–H groups in total. The van der Waals surface area contributed by atoms with E-state index in [0.29, 0.717) is 52.3 Å². The van der Waals surface area contributed by atoms with E-state index in [1.165, 1.54) is 0 Å². The second-order valence-electron chi connectivity index (χ2n) is 6.50. The fourth-order valence-electron chi connectivity index (χ4n) is 3.09. The topological polar surface area (TPSA) is 63.1 Å². The standard InChI is InChI=1S/C24H23ClN2O3/c1-4-6-19-20(14-27-24(19)26-3)23(28)17-9-12-21(22(13-17)29-5-2)30-15-16-7-10-18(25)11-8-16/h1,6-14,23,28H,5,15H2,2-3H3,(H,26,27)/b19-6-. The summed E-state index contributed by atoms with van der Waals surface area (Å²) in [6.07, 6.45) is 7.83. The molecule has 0 saturated carbocycles. The first-order valence-electron chi connectivity index (χ1n) is 9.49. The van der Waals surface area contributed by atoms with Crippen LogP contribution < -0.4 is 14.8 Å². The van der Waals surface area contributed by atoms with Crippen molar-refractivity contribution in [3.8, 4) is 23.8 Å². The number of allylic oxidation sites excluding steroid dienone is 1. The van der Waals surface area contributed by atoms with E-state index in [1.54, 1.807) is 37.5 Å². The van der Waals surface area contributed by atoms with Crippen LogP contribution in [0, 0.1) is 12.3 Å². The summed E-state index contributed by atoms with van der Waals surface area (Å²) in [4.78, 5) is 4.16. The summed E-state index contributed by atoms with van der Waals surface area (Å²) in [5.74, 6) is 4.27. The van der Waals surface area contributed by atoms with Crippen LogP contribution in [0.25, 0.3) is 0 Å². The van der Waals surface area contributed by atoms with Crippen LogP contribution in [0.4, 0.5) is 0 Å². The number of aliphatic hydroxyl groups is 1. The second kappa shape index (κ2) is 10.0. The molecule has 1 aliphatic heterocycles. The minimum atomic E-state index is -0.902. The number of rotatable bonds is 7. The lowest BCUT2D eigenvalue weighted by Gasteiger charge is -2.17. The van der Waals surface area contributed by atoms with Gasteiger partial charge in [-0.3, -0.25) is 4.99 Å². The molecule has 0 aliphatic carbocycles. The van der Waals surface area contributed by atoms with E-state index in [2.05, 4.69) is 16.2 Å². The number of terminal acetylenes is 1. The molecule has 30 heavy (non-hydrogen) atoms.